The average molecular weight is 269 g/mol. The number of hydrogen-bond acceptors (Lipinski definition) is 4. The maximum atomic E-state index is 5.45. The SMILES string of the molecule is CCC(CNC(C)C)N1CCC(N2CCOCC2)C1. The summed E-state index contributed by atoms with van der Waals surface area (Å²) in [4.78, 5) is 5.32. The zero-order chi connectivity index (χ0) is 13.7. The lowest BCUT2D eigenvalue weighted by Gasteiger charge is -2.33. The molecular formula is C15H31N3O. The maximum Gasteiger partial charge on any atom is 0.0594 e. The summed E-state index contributed by atoms with van der Waals surface area (Å²) < 4.78 is 5.45. The molecule has 0 aliphatic carbocycles. The van der Waals surface area contributed by atoms with Crippen LogP contribution >= 0.6 is 0 Å². The smallest absolute Gasteiger partial charge is 0.0594 e. The molecule has 2 aliphatic heterocycles. The maximum absolute atomic E-state index is 5.45. The summed E-state index contributed by atoms with van der Waals surface area (Å²) in [5.41, 5.74) is 0. The van der Waals surface area contributed by atoms with E-state index in [2.05, 4.69) is 35.9 Å². The molecule has 0 radical (unpaired) electrons. The van der Waals surface area contributed by atoms with Gasteiger partial charge in [-0.05, 0) is 12.8 Å². The van der Waals surface area contributed by atoms with Crippen molar-refractivity contribution in [1.82, 2.24) is 15.1 Å². The van der Waals surface area contributed by atoms with E-state index in [0.29, 0.717) is 12.1 Å². The molecule has 2 rings (SSSR count). The van der Waals surface area contributed by atoms with Crippen LogP contribution in [0.4, 0.5) is 0 Å². The first-order chi connectivity index (χ1) is 9.20. The average Bonchev–Trinajstić information content (AvgIpc) is 2.90. The van der Waals surface area contributed by atoms with Crippen molar-refractivity contribution in [2.75, 3.05) is 45.9 Å². The first kappa shape index (κ1) is 15.2. The van der Waals surface area contributed by atoms with Gasteiger partial charge in [-0.3, -0.25) is 9.80 Å². The second-order valence-corrected chi connectivity index (χ2v) is 6.21. The zero-order valence-corrected chi connectivity index (χ0v) is 12.9. The van der Waals surface area contributed by atoms with E-state index in [1.807, 2.05) is 0 Å². The quantitative estimate of drug-likeness (QED) is 0.783. The Kier molecular flexibility index (Phi) is 6.07. The highest BCUT2D eigenvalue weighted by Gasteiger charge is 2.31. The van der Waals surface area contributed by atoms with Crippen molar-refractivity contribution >= 4 is 0 Å². The van der Waals surface area contributed by atoms with Gasteiger partial charge in [0.1, 0.15) is 0 Å². The fourth-order valence-corrected chi connectivity index (χ4v) is 3.24. The lowest BCUT2D eigenvalue weighted by Crippen LogP contribution is -2.47. The van der Waals surface area contributed by atoms with E-state index in [1.165, 1.54) is 25.9 Å². The number of morpholine rings is 1. The molecule has 2 atom stereocenters. The summed E-state index contributed by atoms with van der Waals surface area (Å²) in [7, 11) is 0. The molecule has 0 aromatic heterocycles. The van der Waals surface area contributed by atoms with Gasteiger partial charge in [0.15, 0.2) is 0 Å². The van der Waals surface area contributed by atoms with E-state index in [9.17, 15) is 0 Å². The summed E-state index contributed by atoms with van der Waals surface area (Å²) in [6.45, 7) is 14.5. The van der Waals surface area contributed by atoms with Crippen LogP contribution in [0.2, 0.25) is 0 Å². The molecule has 0 aromatic carbocycles. The van der Waals surface area contributed by atoms with Gasteiger partial charge < -0.3 is 10.1 Å². The molecule has 1 N–H and O–H groups in total. The van der Waals surface area contributed by atoms with E-state index in [1.54, 1.807) is 0 Å². The number of hydrogen-bond donors (Lipinski definition) is 1. The van der Waals surface area contributed by atoms with Crippen molar-refractivity contribution in [3.05, 3.63) is 0 Å². The third-order valence-electron chi connectivity index (χ3n) is 4.51. The van der Waals surface area contributed by atoms with E-state index >= 15 is 0 Å². The Labute approximate surface area is 118 Å². The van der Waals surface area contributed by atoms with Gasteiger partial charge in [0, 0.05) is 50.8 Å². The molecule has 0 saturated carbocycles. The fourth-order valence-electron chi connectivity index (χ4n) is 3.24. The molecule has 2 unspecified atom stereocenters. The minimum atomic E-state index is 0.590. The van der Waals surface area contributed by atoms with Crippen LogP contribution in [0.3, 0.4) is 0 Å². The van der Waals surface area contributed by atoms with Crippen LogP contribution < -0.4 is 5.32 Å². The minimum Gasteiger partial charge on any atom is -0.379 e. The lowest BCUT2D eigenvalue weighted by atomic mass is 10.2. The lowest BCUT2D eigenvalue weighted by molar-refractivity contribution is 0.0175. The van der Waals surface area contributed by atoms with Gasteiger partial charge in [-0.2, -0.15) is 0 Å². The summed E-state index contributed by atoms with van der Waals surface area (Å²) in [5.74, 6) is 0. The Morgan fingerprint density at radius 1 is 1.21 bits per heavy atom. The molecule has 2 saturated heterocycles. The van der Waals surface area contributed by atoms with Crippen LogP contribution in [0.5, 0.6) is 0 Å². The highest BCUT2D eigenvalue weighted by Crippen LogP contribution is 2.20. The van der Waals surface area contributed by atoms with Crippen molar-refractivity contribution in [2.24, 2.45) is 0 Å². The van der Waals surface area contributed by atoms with E-state index < -0.39 is 0 Å². The predicted molar refractivity (Wildman–Crippen MR) is 79.6 cm³/mol. The Balaban J connectivity index is 1.78. The summed E-state index contributed by atoms with van der Waals surface area (Å²) >= 11 is 0. The van der Waals surface area contributed by atoms with Crippen LogP contribution in [-0.2, 0) is 4.74 Å². The molecule has 112 valence electrons. The van der Waals surface area contributed by atoms with Crippen LogP contribution in [-0.4, -0.2) is 73.9 Å². The third-order valence-corrected chi connectivity index (χ3v) is 4.51. The molecule has 2 heterocycles. The summed E-state index contributed by atoms with van der Waals surface area (Å²) in [6, 6.07) is 2.05. The number of nitrogens with zero attached hydrogens (tertiary/aromatic N) is 2. The number of ether oxygens (including phenoxy) is 1. The molecule has 4 heteroatoms. The molecule has 19 heavy (non-hydrogen) atoms. The Morgan fingerprint density at radius 3 is 2.58 bits per heavy atom. The van der Waals surface area contributed by atoms with Crippen LogP contribution in [0.1, 0.15) is 33.6 Å². The molecule has 4 nitrogen and oxygen atoms in total. The third kappa shape index (κ3) is 4.42. The molecule has 2 fully saturated rings. The number of rotatable bonds is 6. The molecule has 0 amide bonds. The highest BCUT2D eigenvalue weighted by molar-refractivity contribution is 4.88. The van der Waals surface area contributed by atoms with Gasteiger partial charge in [0.05, 0.1) is 13.2 Å². The van der Waals surface area contributed by atoms with Gasteiger partial charge in [-0.1, -0.05) is 20.8 Å². The first-order valence-electron chi connectivity index (χ1n) is 8.00. The van der Waals surface area contributed by atoms with Crippen molar-refractivity contribution < 1.29 is 4.74 Å². The van der Waals surface area contributed by atoms with Crippen molar-refractivity contribution in [3.63, 3.8) is 0 Å². The summed E-state index contributed by atoms with van der Waals surface area (Å²) in [5, 5.41) is 3.59. The second-order valence-electron chi connectivity index (χ2n) is 6.21. The van der Waals surface area contributed by atoms with Crippen LogP contribution in [0.25, 0.3) is 0 Å². The normalized spacial score (nSPS) is 28.1. The van der Waals surface area contributed by atoms with E-state index in [-0.39, 0.29) is 0 Å². The van der Waals surface area contributed by atoms with E-state index in [0.717, 1.165) is 38.9 Å². The van der Waals surface area contributed by atoms with Crippen molar-refractivity contribution in [1.29, 1.82) is 0 Å². The molecule has 0 bridgehead atoms. The summed E-state index contributed by atoms with van der Waals surface area (Å²) in [6.07, 6.45) is 2.58. The minimum absolute atomic E-state index is 0.590. The predicted octanol–water partition coefficient (Wildman–Crippen LogP) is 1.17. The fraction of sp³-hybridized carbons (Fsp3) is 1.00. The Hall–Kier alpha value is -0.160. The van der Waals surface area contributed by atoms with Crippen LogP contribution in [0.15, 0.2) is 0 Å². The Bertz CT molecular complexity index is 254. The largest absolute Gasteiger partial charge is 0.379 e. The number of nitrogens with one attached hydrogen (secondary N) is 1. The molecule has 0 aromatic rings. The van der Waals surface area contributed by atoms with Crippen molar-refractivity contribution in [2.45, 2.75) is 51.7 Å². The van der Waals surface area contributed by atoms with Gasteiger partial charge in [-0.25, -0.2) is 0 Å². The van der Waals surface area contributed by atoms with E-state index in [4.69, 9.17) is 4.74 Å². The standard InChI is InChI=1S/C15H31N3O/c1-4-14(11-16-13(2)3)18-6-5-15(12-18)17-7-9-19-10-8-17/h13-16H,4-12H2,1-3H3. The van der Waals surface area contributed by atoms with Crippen molar-refractivity contribution in [3.8, 4) is 0 Å². The number of likely N-dealkylation sites (tertiary alicyclic amines) is 1. The molecule has 2 aliphatic rings. The van der Waals surface area contributed by atoms with Gasteiger partial charge in [-0.15, -0.1) is 0 Å². The van der Waals surface area contributed by atoms with Gasteiger partial charge in [0.25, 0.3) is 0 Å². The topological polar surface area (TPSA) is 27.7 Å². The first-order valence-corrected chi connectivity index (χ1v) is 8.00. The molecule has 0 spiro atoms. The van der Waals surface area contributed by atoms with Crippen LogP contribution in [0, 0.1) is 0 Å². The monoisotopic (exact) mass is 269 g/mol. The van der Waals surface area contributed by atoms with Gasteiger partial charge >= 0.3 is 0 Å². The van der Waals surface area contributed by atoms with Gasteiger partial charge in [0.2, 0.25) is 0 Å². The zero-order valence-electron chi connectivity index (χ0n) is 12.9. The highest BCUT2D eigenvalue weighted by atomic mass is 16.5. The second kappa shape index (κ2) is 7.58. The molecular weight excluding hydrogens is 238 g/mol. The Morgan fingerprint density at radius 2 is 1.95 bits per heavy atom.